The van der Waals surface area contributed by atoms with Crippen molar-refractivity contribution in [3.8, 4) is 5.75 Å². The van der Waals surface area contributed by atoms with Crippen LogP contribution in [0.15, 0.2) is 54.6 Å². The van der Waals surface area contributed by atoms with Crippen molar-refractivity contribution in [1.29, 1.82) is 0 Å². The Balaban J connectivity index is 1.48. The number of benzene rings is 2. The molecule has 0 aliphatic heterocycles. The second kappa shape index (κ2) is 9.19. The fourth-order valence-corrected chi connectivity index (χ4v) is 2.47. The van der Waals surface area contributed by atoms with Gasteiger partial charge in [0.05, 0.1) is 0 Å². The summed E-state index contributed by atoms with van der Waals surface area (Å²) < 4.78 is 0. The Hall–Kier alpha value is -1.80. The number of rotatable bonds is 9. The zero-order chi connectivity index (χ0) is 14.8. The third-order valence-corrected chi connectivity index (χ3v) is 3.72. The van der Waals surface area contributed by atoms with Gasteiger partial charge in [0.2, 0.25) is 0 Å². The van der Waals surface area contributed by atoms with E-state index >= 15 is 0 Å². The second-order valence-electron chi connectivity index (χ2n) is 5.42. The number of unbranched alkanes of at least 4 members (excludes halogenated alkanes) is 2. The van der Waals surface area contributed by atoms with E-state index in [4.69, 9.17) is 0 Å². The van der Waals surface area contributed by atoms with Crippen molar-refractivity contribution < 1.29 is 5.11 Å². The van der Waals surface area contributed by atoms with Crippen LogP contribution in [0.4, 0.5) is 0 Å². The van der Waals surface area contributed by atoms with E-state index in [0.29, 0.717) is 5.75 Å². The highest BCUT2D eigenvalue weighted by molar-refractivity contribution is 5.31. The summed E-state index contributed by atoms with van der Waals surface area (Å²) in [6, 6.07) is 18.2. The quantitative estimate of drug-likeness (QED) is 0.683. The number of phenols is 1. The average Bonchev–Trinajstić information content (AvgIpc) is 2.52. The molecule has 2 aromatic carbocycles. The van der Waals surface area contributed by atoms with Gasteiger partial charge in [-0.15, -0.1) is 0 Å². The first-order chi connectivity index (χ1) is 10.4. The van der Waals surface area contributed by atoms with Crippen molar-refractivity contribution in [3.05, 3.63) is 65.7 Å². The molecule has 0 unspecified atom stereocenters. The van der Waals surface area contributed by atoms with Crippen LogP contribution in [0.5, 0.6) is 5.75 Å². The lowest BCUT2D eigenvalue weighted by molar-refractivity contribution is 0.466. The number of nitrogens with one attached hydrogen (secondary N) is 1. The molecule has 0 aliphatic rings. The molecule has 21 heavy (non-hydrogen) atoms. The number of hydrogen-bond acceptors (Lipinski definition) is 2. The highest BCUT2D eigenvalue weighted by Gasteiger charge is 1.98. The molecule has 112 valence electrons. The molecule has 0 fully saturated rings. The topological polar surface area (TPSA) is 32.3 Å². The minimum Gasteiger partial charge on any atom is -0.508 e. The Morgan fingerprint density at radius 2 is 1.48 bits per heavy atom. The Morgan fingerprint density at radius 1 is 0.714 bits per heavy atom. The highest BCUT2D eigenvalue weighted by atomic mass is 16.3. The molecule has 0 bridgehead atoms. The molecule has 2 aromatic rings. The third-order valence-electron chi connectivity index (χ3n) is 3.72. The molecule has 0 amide bonds. The van der Waals surface area contributed by atoms with Gasteiger partial charge in [-0.2, -0.15) is 0 Å². The first kappa shape index (κ1) is 15.6. The zero-order valence-corrected chi connectivity index (χ0v) is 12.6. The molecule has 2 N–H and O–H groups in total. The van der Waals surface area contributed by atoms with Gasteiger partial charge in [0.15, 0.2) is 0 Å². The monoisotopic (exact) mass is 283 g/mol. The van der Waals surface area contributed by atoms with Gasteiger partial charge in [-0.3, -0.25) is 0 Å². The summed E-state index contributed by atoms with van der Waals surface area (Å²) in [6.45, 7) is 1.98. The minimum absolute atomic E-state index is 0.405. The van der Waals surface area contributed by atoms with E-state index in [9.17, 15) is 5.11 Å². The summed E-state index contributed by atoms with van der Waals surface area (Å²) in [5.74, 6) is 0.405. The predicted octanol–water partition coefficient (Wildman–Crippen LogP) is 3.94. The summed E-state index contributed by atoms with van der Waals surface area (Å²) in [5, 5.41) is 13.1. The Bertz CT molecular complexity index is 510. The summed E-state index contributed by atoms with van der Waals surface area (Å²) >= 11 is 0. The van der Waals surface area contributed by atoms with E-state index < -0.39 is 0 Å². The predicted molar refractivity (Wildman–Crippen MR) is 88.7 cm³/mol. The van der Waals surface area contributed by atoms with Crippen LogP contribution in [-0.4, -0.2) is 18.2 Å². The summed E-state index contributed by atoms with van der Waals surface area (Å²) in [7, 11) is 0. The lowest BCUT2D eigenvalue weighted by Gasteiger charge is -2.06. The fraction of sp³-hybridized carbons (Fsp3) is 0.368. The number of aryl methyl sites for hydroxylation is 1. The molecule has 0 aromatic heterocycles. The Morgan fingerprint density at radius 3 is 2.29 bits per heavy atom. The standard InChI is InChI=1S/C19H25NO/c21-19-13-7-6-12-18(19)14-16-20-15-8-2-5-11-17-9-3-1-4-10-17/h1,3-4,6-7,9-10,12-13,20-21H,2,5,8,11,14-16H2. The lowest BCUT2D eigenvalue weighted by Crippen LogP contribution is -2.18. The van der Waals surface area contributed by atoms with E-state index in [2.05, 4.69) is 35.6 Å². The number of aromatic hydroxyl groups is 1. The lowest BCUT2D eigenvalue weighted by atomic mass is 10.1. The first-order valence-electron chi connectivity index (χ1n) is 7.88. The zero-order valence-electron chi connectivity index (χ0n) is 12.6. The van der Waals surface area contributed by atoms with Gasteiger partial charge < -0.3 is 10.4 Å². The average molecular weight is 283 g/mol. The van der Waals surface area contributed by atoms with Crippen molar-refractivity contribution >= 4 is 0 Å². The van der Waals surface area contributed by atoms with Crippen molar-refractivity contribution in [2.24, 2.45) is 0 Å². The Labute approximate surface area is 127 Å². The molecule has 2 heteroatoms. The van der Waals surface area contributed by atoms with Crippen LogP contribution >= 0.6 is 0 Å². The number of para-hydroxylation sites is 1. The van der Waals surface area contributed by atoms with Crippen LogP contribution in [0.1, 0.15) is 30.4 Å². The molecule has 0 heterocycles. The molecular weight excluding hydrogens is 258 g/mol. The van der Waals surface area contributed by atoms with Crippen LogP contribution < -0.4 is 5.32 Å². The number of hydrogen-bond donors (Lipinski definition) is 2. The minimum atomic E-state index is 0.405. The maximum atomic E-state index is 9.66. The molecule has 0 saturated carbocycles. The third kappa shape index (κ3) is 6.01. The Kier molecular flexibility index (Phi) is 6.82. The molecular formula is C19H25NO. The largest absolute Gasteiger partial charge is 0.508 e. The normalized spacial score (nSPS) is 10.7. The summed E-state index contributed by atoms with van der Waals surface area (Å²) in [5.41, 5.74) is 2.46. The SMILES string of the molecule is Oc1ccccc1CCNCCCCCc1ccccc1. The molecule has 0 aliphatic carbocycles. The van der Waals surface area contributed by atoms with Crippen LogP contribution in [0.25, 0.3) is 0 Å². The van der Waals surface area contributed by atoms with Crippen LogP contribution in [0.2, 0.25) is 0 Å². The smallest absolute Gasteiger partial charge is 0.118 e. The van der Waals surface area contributed by atoms with Gasteiger partial charge in [-0.05, 0) is 56.0 Å². The fourth-order valence-electron chi connectivity index (χ4n) is 2.47. The highest BCUT2D eigenvalue weighted by Crippen LogP contribution is 2.15. The van der Waals surface area contributed by atoms with Gasteiger partial charge in [0, 0.05) is 0 Å². The second-order valence-corrected chi connectivity index (χ2v) is 5.42. The first-order valence-corrected chi connectivity index (χ1v) is 7.88. The van der Waals surface area contributed by atoms with E-state index in [1.807, 2.05) is 18.2 Å². The van der Waals surface area contributed by atoms with Crippen molar-refractivity contribution in [1.82, 2.24) is 5.32 Å². The van der Waals surface area contributed by atoms with Gasteiger partial charge in [-0.1, -0.05) is 55.0 Å². The maximum Gasteiger partial charge on any atom is 0.118 e. The molecule has 2 nitrogen and oxygen atoms in total. The molecule has 2 rings (SSSR count). The van der Waals surface area contributed by atoms with E-state index in [1.165, 1.54) is 31.2 Å². The van der Waals surface area contributed by atoms with Crippen LogP contribution in [0, 0.1) is 0 Å². The molecule has 0 radical (unpaired) electrons. The van der Waals surface area contributed by atoms with E-state index in [-0.39, 0.29) is 0 Å². The molecule has 0 spiro atoms. The maximum absolute atomic E-state index is 9.66. The van der Waals surface area contributed by atoms with Gasteiger partial charge >= 0.3 is 0 Å². The molecule has 0 saturated heterocycles. The van der Waals surface area contributed by atoms with Crippen LogP contribution in [0.3, 0.4) is 0 Å². The van der Waals surface area contributed by atoms with Gasteiger partial charge in [0.25, 0.3) is 0 Å². The van der Waals surface area contributed by atoms with Gasteiger partial charge in [0.1, 0.15) is 5.75 Å². The molecule has 0 atom stereocenters. The summed E-state index contributed by atoms with van der Waals surface area (Å²) in [6.07, 6.45) is 5.80. The van der Waals surface area contributed by atoms with Crippen LogP contribution in [-0.2, 0) is 12.8 Å². The van der Waals surface area contributed by atoms with E-state index in [1.54, 1.807) is 6.07 Å². The van der Waals surface area contributed by atoms with Crippen molar-refractivity contribution in [3.63, 3.8) is 0 Å². The van der Waals surface area contributed by atoms with E-state index in [0.717, 1.165) is 25.1 Å². The van der Waals surface area contributed by atoms with Crippen molar-refractivity contribution in [2.45, 2.75) is 32.1 Å². The number of phenolic OH excluding ortho intramolecular Hbond substituents is 1. The van der Waals surface area contributed by atoms with Gasteiger partial charge in [-0.25, -0.2) is 0 Å². The summed E-state index contributed by atoms with van der Waals surface area (Å²) in [4.78, 5) is 0. The van der Waals surface area contributed by atoms with Crippen molar-refractivity contribution in [2.75, 3.05) is 13.1 Å².